The smallest absolute Gasteiger partial charge is 0.255 e. The lowest BCUT2D eigenvalue weighted by Gasteiger charge is -2.49. The molecule has 5 rings (SSSR count). The zero-order valence-corrected chi connectivity index (χ0v) is 24.1. The predicted octanol–water partition coefficient (Wildman–Crippen LogP) is 5.11. The molecule has 0 aromatic carbocycles. The van der Waals surface area contributed by atoms with Crippen LogP contribution in [0.15, 0.2) is 6.07 Å². The molecular formula is C29H42N4O3S. The second kappa shape index (κ2) is 10.5. The van der Waals surface area contributed by atoms with Gasteiger partial charge in [-0.05, 0) is 70.1 Å². The van der Waals surface area contributed by atoms with E-state index in [9.17, 15) is 4.79 Å². The van der Waals surface area contributed by atoms with E-state index in [4.69, 9.17) is 9.47 Å². The number of amides is 1. The van der Waals surface area contributed by atoms with Crippen molar-refractivity contribution < 1.29 is 14.3 Å². The number of fused-ring (bicyclic) bond motifs is 1. The van der Waals surface area contributed by atoms with Crippen molar-refractivity contribution in [2.75, 3.05) is 39.2 Å². The topological polar surface area (TPSA) is 66.9 Å². The van der Waals surface area contributed by atoms with E-state index in [0.717, 1.165) is 60.4 Å². The Morgan fingerprint density at radius 3 is 2.57 bits per heavy atom. The summed E-state index contributed by atoms with van der Waals surface area (Å²) >= 11 is 1.80. The molecule has 1 amide bonds. The van der Waals surface area contributed by atoms with Gasteiger partial charge in [0.05, 0.1) is 30.3 Å². The second-order valence-electron chi connectivity index (χ2n) is 11.2. The molecule has 1 saturated heterocycles. The molecule has 0 atom stereocenters. The van der Waals surface area contributed by atoms with E-state index in [0.29, 0.717) is 24.6 Å². The summed E-state index contributed by atoms with van der Waals surface area (Å²) in [6, 6.07) is 2.74. The lowest BCUT2D eigenvalue weighted by Crippen LogP contribution is -2.58. The minimum Gasteiger partial charge on any atom is -0.481 e. The second-order valence-corrected chi connectivity index (χ2v) is 12.3. The molecule has 2 aromatic rings. The highest BCUT2D eigenvalue weighted by molar-refractivity contribution is 7.16. The average Bonchev–Trinajstić information content (AvgIpc) is 3.17. The van der Waals surface area contributed by atoms with Crippen LogP contribution < -0.4 is 10.1 Å². The van der Waals surface area contributed by atoms with E-state index in [1.807, 2.05) is 18.9 Å². The number of thiophene rings is 1. The van der Waals surface area contributed by atoms with Crippen molar-refractivity contribution in [2.45, 2.75) is 90.4 Å². The van der Waals surface area contributed by atoms with E-state index in [-0.39, 0.29) is 11.4 Å². The first kappa shape index (κ1) is 26.4. The van der Waals surface area contributed by atoms with Crippen LogP contribution in [0, 0.1) is 20.8 Å². The number of methoxy groups -OCH3 is 2. The summed E-state index contributed by atoms with van der Waals surface area (Å²) in [7, 11) is 3.47. The van der Waals surface area contributed by atoms with Crippen LogP contribution >= 0.6 is 11.3 Å². The van der Waals surface area contributed by atoms with Crippen LogP contribution in [0.3, 0.4) is 0 Å². The summed E-state index contributed by atoms with van der Waals surface area (Å²) in [5.41, 5.74) is 5.17. The van der Waals surface area contributed by atoms with Crippen LogP contribution in [-0.4, -0.2) is 72.2 Å². The molecule has 0 bridgehead atoms. The molecule has 1 saturated carbocycles. The van der Waals surface area contributed by atoms with Gasteiger partial charge in [-0.2, -0.15) is 0 Å². The third-order valence-electron chi connectivity index (χ3n) is 9.00. The molecule has 1 N–H and O–H groups in total. The SMILES string of the molecule is CC[C@]1(Nc2sc3c(c2C)C(=O)N(Cc2c(C)cc(C)nc2OC)CC3)CC[C@@H](N2CC(OC)C2)CC1. The number of anilines is 1. The summed E-state index contributed by atoms with van der Waals surface area (Å²) in [5.74, 6) is 0.752. The van der Waals surface area contributed by atoms with Gasteiger partial charge < -0.3 is 19.7 Å². The van der Waals surface area contributed by atoms with E-state index in [1.165, 1.54) is 35.6 Å². The van der Waals surface area contributed by atoms with Gasteiger partial charge in [-0.3, -0.25) is 9.69 Å². The highest BCUT2D eigenvalue weighted by atomic mass is 32.1. The molecular weight excluding hydrogens is 484 g/mol. The zero-order valence-electron chi connectivity index (χ0n) is 23.3. The number of ether oxygens (including phenoxy) is 2. The van der Waals surface area contributed by atoms with Gasteiger partial charge in [0.2, 0.25) is 5.88 Å². The largest absolute Gasteiger partial charge is 0.481 e. The van der Waals surface area contributed by atoms with Gasteiger partial charge in [0.15, 0.2) is 0 Å². The van der Waals surface area contributed by atoms with Crippen LogP contribution in [0.2, 0.25) is 0 Å². The number of aromatic nitrogens is 1. The molecule has 0 spiro atoms. The van der Waals surface area contributed by atoms with Crippen molar-refractivity contribution in [3.8, 4) is 5.88 Å². The van der Waals surface area contributed by atoms with Crippen LogP contribution in [0.25, 0.3) is 0 Å². The molecule has 0 radical (unpaired) electrons. The predicted molar refractivity (Wildman–Crippen MR) is 149 cm³/mol. The highest BCUT2D eigenvalue weighted by Gasteiger charge is 2.40. The van der Waals surface area contributed by atoms with Crippen molar-refractivity contribution >= 4 is 22.2 Å². The number of carbonyl (C=O) groups is 1. The first-order valence-corrected chi connectivity index (χ1v) is 14.6. The summed E-state index contributed by atoms with van der Waals surface area (Å²) in [4.78, 5) is 24.0. The molecule has 2 aliphatic heterocycles. The maximum absolute atomic E-state index is 13.7. The first-order valence-electron chi connectivity index (χ1n) is 13.7. The Hall–Kier alpha value is -2.16. The molecule has 3 aliphatic rings. The van der Waals surface area contributed by atoms with Gasteiger partial charge >= 0.3 is 0 Å². The third-order valence-corrected chi connectivity index (χ3v) is 10.3. The van der Waals surface area contributed by atoms with Crippen molar-refractivity contribution in [3.05, 3.63) is 38.9 Å². The summed E-state index contributed by atoms with van der Waals surface area (Å²) in [6.45, 7) is 11.9. The monoisotopic (exact) mass is 526 g/mol. The van der Waals surface area contributed by atoms with Crippen LogP contribution in [0.4, 0.5) is 5.00 Å². The normalized spacial score (nSPS) is 24.6. The fourth-order valence-electron chi connectivity index (χ4n) is 6.42. The number of nitrogens with zero attached hydrogens (tertiary/aromatic N) is 3. The number of hydrogen-bond acceptors (Lipinski definition) is 7. The minimum absolute atomic E-state index is 0.112. The Balaban J connectivity index is 1.29. The van der Waals surface area contributed by atoms with Gasteiger partial charge in [0.25, 0.3) is 5.91 Å². The van der Waals surface area contributed by atoms with Crippen molar-refractivity contribution in [3.63, 3.8) is 0 Å². The Morgan fingerprint density at radius 1 is 1.19 bits per heavy atom. The maximum Gasteiger partial charge on any atom is 0.255 e. The molecule has 37 heavy (non-hydrogen) atoms. The third kappa shape index (κ3) is 5.00. The van der Waals surface area contributed by atoms with Crippen molar-refractivity contribution in [2.24, 2.45) is 0 Å². The Labute approximate surface area is 225 Å². The number of rotatable bonds is 8. The molecule has 8 heteroatoms. The lowest BCUT2D eigenvalue weighted by molar-refractivity contribution is -0.0600. The molecule has 2 fully saturated rings. The van der Waals surface area contributed by atoms with Gasteiger partial charge in [0.1, 0.15) is 0 Å². The number of pyridine rings is 1. The van der Waals surface area contributed by atoms with Crippen molar-refractivity contribution in [1.82, 2.24) is 14.8 Å². The quantitative estimate of drug-likeness (QED) is 0.516. The van der Waals surface area contributed by atoms with Crippen LogP contribution in [0.5, 0.6) is 5.88 Å². The van der Waals surface area contributed by atoms with Gasteiger partial charge in [-0.1, -0.05) is 6.92 Å². The number of aryl methyl sites for hydroxylation is 2. The Bertz CT molecular complexity index is 1150. The summed E-state index contributed by atoms with van der Waals surface area (Å²) < 4.78 is 11.0. The van der Waals surface area contributed by atoms with Crippen molar-refractivity contribution in [1.29, 1.82) is 0 Å². The molecule has 202 valence electrons. The fourth-order valence-corrected chi connectivity index (χ4v) is 7.73. The molecule has 7 nitrogen and oxygen atoms in total. The van der Waals surface area contributed by atoms with E-state index < -0.39 is 0 Å². The Morgan fingerprint density at radius 2 is 1.92 bits per heavy atom. The molecule has 2 aromatic heterocycles. The fraction of sp³-hybridized carbons (Fsp3) is 0.655. The van der Waals surface area contributed by atoms with Crippen LogP contribution in [-0.2, 0) is 17.7 Å². The van der Waals surface area contributed by atoms with E-state index in [1.54, 1.807) is 18.4 Å². The van der Waals surface area contributed by atoms with E-state index >= 15 is 0 Å². The molecule has 0 unspecified atom stereocenters. The zero-order chi connectivity index (χ0) is 26.3. The first-order chi connectivity index (χ1) is 17.8. The Kier molecular flexibility index (Phi) is 7.53. The lowest BCUT2D eigenvalue weighted by atomic mass is 9.76. The number of carbonyl (C=O) groups excluding carboxylic acids is 1. The van der Waals surface area contributed by atoms with Gasteiger partial charge in [-0.25, -0.2) is 4.98 Å². The molecule has 1 aliphatic carbocycles. The van der Waals surface area contributed by atoms with Gasteiger partial charge in [0, 0.05) is 60.9 Å². The average molecular weight is 527 g/mol. The highest BCUT2D eigenvalue weighted by Crippen LogP contribution is 2.43. The standard InChI is InChI=1S/C29H42N4O3S/c1-7-29(11-8-21(9-12-29)33-15-22(16-33)35-5)31-27-20(4)25-24(37-27)10-13-32(28(25)34)17-23-18(2)14-19(3)30-26(23)36-6/h14,21-22,31H,7-13,15-17H2,1-6H3/t21-,29+. The molecule has 4 heterocycles. The number of nitrogens with one attached hydrogen (secondary N) is 1. The van der Waals surface area contributed by atoms with Gasteiger partial charge in [-0.15, -0.1) is 11.3 Å². The number of hydrogen-bond donors (Lipinski definition) is 1. The maximum atomic E-state index is 13.7. The van der Waals surface area contributed by atoms with E-state index in [2.05, 4.69) is 42.0 Å². The summed E-state index contributed by atoms with van der Waals surface area (Å²) in [6.07, 6.45) is 7.20. The minimum atomic E-state index is 0.112. The summed E-state index contributed by atoms with van der Waals surface area (Å²) in [5, 5.41) is 5.17. The van der Waals surface area contributed by atoms with Crippen LogP contribution in [0.1, 0.15) is 76.6 Å². The number of likely N-dealkylation sites (tertiary alicyclic amines) is 1.